The Labute approximate surface area is 182 Å². The van der Waals surface area contributed by atoms with Crippen LogP contribution in [0.5, 0.6) is 5.75 Å². The van der Waals surface area contributed by atoms with Gasteiger partial charge in [0.05, 0.1) is 31.6 Å². The molecule has 0 aromatic heterocycles. The first-order chi connectivity index (χ1) is 15.0. The van der Waals surface area contributed by atoms with Crippen LogP contribution >= 0.6 is 0 Å². The molecule has 7 nitrogen and oxygen atoms in total. The number of amides is 2. The highest BCUT2D eigenvalue weighted by molar-refractivity contribution is 6.45. The molecule has 1 heterocycles. The Morgan fingerprint density at radius 1 is 0.839 bits per heavy atom. The topological polar surface area (TPSA) is 68.3 Å². The molecule has 31 heavy (non-hydrogen) atoms. The molecule has 0 aliphatic carbocycles. The van der Waals surface area contributed by atoms with Crippen LogP contribution in [0.4, 0.5) is 5.69 Å². The van der Waals surface area contributed by atoms with E-state index in [9.17, 15) is 9.59 Å². The SMILES string of the molecule is COCCN(CCOC)C1=C(c2ccccc2OC)C(=O)N(c2ccc(C)cc2)C1=O. The first kappa shape index (κ1) is 22.5. The van der Waals surface area contributed by atoms with Crippen LogP contribution in [0.3, 0.4) is 0 Å². The number of carbonyl (C=O) groups excluding carboxylic acids is 2. The van der Waals surface area contributed by atoms with Gasteiger partial charge in [-0.15, -0.1) is 0 Å². The molecule has 0 atom stereocenters. The summed E-state index contributed by atoms with van der Waals surface area (Å²) in [5.41, 5.74) is 2.79. The molecule has 1 aliphatic heterocycles. The summed E-state index contributed by atoms with van der Waals surface area (Å²) in [6, 6.07) is 14.5. The summed E-state index contributed by atoms with van der Waals surface area (Å²) in [5, 5.41) is 0. The van der Waals surface area contributed by atoms with Gasteiger partial charge >= 0.3 is 0 Å². The Hall–Kier alpha value is -3.16. The van der Waals surface area contributed by atoms with Crippen LogP contribution in [-0.4, -0.2) is 64.3 Å². The standard InChI is InChI=1S/C24H28N2O5/c1-17-9-11-18(12-10-17)26-23(27)21(19-7-5-6-8-20(19)31-4)22(24(26)28)25(13-15-29-2)14-16-30-3/h5-12H,13-16H2,1-4H3. The second kappa shape index (κ2) is 10.2. The van der Waals surface area contributed by atoms with E-state index in [1.807, 2.05) is 36.1 Å². The fourth-order valence-corrected chi connectivity index (χ4v) is 3.57. The summed E-state index contributed by atoms with van der Waals surface area (Å²) in [6.45, 7) is 3.64. The predicted octanol–water partition coefficient (Wildman–Crippen LogP) is 2.88. The number of ether oxygens (including phenoxy) is 3. The molecular formula is C24H28N2O5. The molecule has 164 valence electrons. The first-order valence-corrected chi connectivity index (χ1v) is 10.1. The van der Waals surface area contributed by atoms with Crippen molar-refractivity contribution in [3.8, 4) is 5.75 Å². The highest BCUT2D eigenvalue weighted by Gasteiger charge is 2.43. The van der Waals surface area contributed by atoms with Crippen molar-refractivity contribution >= 4 is 23.1 Å². The Bertz CT molecular complexity index is 960. The smallest absolute Gasteiger partial charge is 0.282 e. The van der Waals surface area contributed by atoms with Gasteiger partial charge in [-0.3, -0.25) is 9.59 Å². The number of para-hydroxylation sites is 1. The van der Waals surface area contributed by atoms with Crippen molar-refractivity contribution < 1.29 is 23.8 Å². The van der Waals surface area contributed by atoms with Gasteiger partial charge < -0.3 is 19.1 Å². The summed E-state index contributed by atoms with van der Waals surface area (Å²) in [4.78, 5) is 30.3. The second-order valence-electron chi connectivity index (χ2n) is 7.18. The molecule has 2 aromatic carbocycles. The number of methoxy groups -OCH3 is 3. The van der Waals surface area contributed by atoms with Gasteiger partial charge in [0.15, 0.2) is 0 Å². The van der Waals surface area contributed by atoms with E-state index in [4.69, 9.17) is 14.2 Å². The van der Waals surface area contributed by atoms with Gasteiger partial charge in [0.2, 0.25) is 0 Å². The van der Waals surface area contributed by atoms with Crippen molar-refractivity contribution in [1.29, 1.82) is 0 Å². The Kier molecular flexibility index (Phi) is 7.44. The average Bonchev–Trinajstić information content (AvgIpc) is 3.04. The third-order valence-corrected chi connectivity index (χ3v) is 5.17. The fourth-order valence-electron chi connectivity index (χ4n) is 3.57. The lowest BCUT2D eigenvalue weighted by Gasteiger charge is -2.25. The van der Waals surface area contributed by atoms with E-state index >= 15 is 0 Å². The van der Waals surface area contributed by atoms with Crippen LogP contribution in [0, 0.1) is 6.92 Å². The van der Waals surface area contributed by atoms with Crippen LogP contribution in [-0.2, 0) is 19.1 Å². The first-order valence-electron chi connectivity index (χ1n) is 10.1. The maximum atomic E-state index is 13.6. The van der Waals surface area contributed by atoms with Crippen LogP contribution in [0.2, 0.25) is 0 Å². The van der Waals surface area contributed by atoms with Crippen LogP contribution in [0.1, 0.15) is 11.1 Å². The second-order valence-corrected chi connectivity index (χ2v) is 7.18. The molecule has 0 saturated carbocycles. The number of rotatable bonds is 10. The van der Waals surface area contributed by atoms with E-state index in [0.717, 1.165) is 5.56 Å². The lowest BCUT2D eigenvalue weighted by molar-refractivity contribution is -0.120. The van der Waals surface area contributed by atoms with Gasteiger partial charge in [-0.1, -0.05) is 35.9 Å². The molecule has 2 amide bonds. The Morgan fingerprint density at radius 3 is 2.03 bits per heavy atom. The highest BCUT2D eigenvalue weighted by Crippen LogP contribution is 2.38. The van der Waals surface area contributed by atoms with Gasteiger partial charge in [-0.2, -0.15) is 0 Å². The van der Waals surface area contributed by atoms with Crippen molar-refractivity contribution in [2.24, 2.45) is 0 Å². The molecule has 0 bridgehead atoms. The number of aryl methyl sites for hydroxylation is 1. The van der Waals surface area contributed by atoms with Gasteiger partial charge in [-0.25, -0.2) is 4.90 Å². The normalized spacial score (nSPS) is 13.9. The highest BCUT2D eigenvalue weighted by atomic mass is 16.5. The maximum Gasteiger partial charge on any atom is 0.282 e. The van der Waals surface area contributed by atoms with Gasteiger partial charge in [0.1, 0.15) is 11.4 Å². The number of hydrogen-bond donors (Lipinski definition) is 0. The molecule has 0 spiro atoms. The zero-order valence-electron chi connectivity index (χ0n) is 18.4. The minimum Gasteiger partial charge on any atom is -0.496 e. The number of benzene rings is 2. The number of hydrogen-bond acceptors (Lipinski definition) is 6. The summed E-state index contributed by atoms with van der Waals surface area (Å²) >= 11 is 0. The molecule has 0 unspecified atom stereocenters. The van der Waals surface area contributed by atoms with Crippen LogP contribution < -0.4 is 9.64 Å². The minimum atomic E-state index is -0.381. The summed E-state index contributed by atoms with van der Waals surface area (Å²) in [7, 11) is 4.75. The van der Waals surface area contributed by atoms with Crippen molar-refractivity contribution in [2.75, 3.05) is 52.5 Å². The third-order valence-electron chi connectivity index (χ3n) is 5.17. The average molecular weight is 424 g/mol. The molecular weight excluding hydrogens is 396 g/mol. The monoisotopic (exact) mass is 424 g/mol. The zero-order valence-corrected chi connectivity index (χ0v) is 18.4. The van der Waals surface area contributed by atoms with E-state index in [-0.39, 0.29) is 11.8 Å². The number of nitrogens with zero attached hydrogens (tertiary/aromatic N) is 2. The van der Waals surface area contributed by atoms with Gasteiger partial charge in [-0.05, 0) is 25.1 Å². The predicted molar refractivity (Wildman–Crippen MR) is 119 cm³/mol. The summed E-state index contributed by atoms with van der Waals surface area (Å²) < 4.78 is 16.0. The minimum absolute atomic E-state index is 0.315. The molecule has 2 aromatic rings. The Balaban J connectivity index is 2.16. The lowest BCUT2D eigenvalue weighted by atomic mass is 10.0. The third kappa shape index (κ3) is 4.62. The molecule has 0 saturated heterocycles. The number of carbonyl (C=O) groups is 2. The summed E-state index contributed by atoms with van der Waals surface area (Å²) in [5.74, 6) is -0.226. The zero-order chi connectivity index (χ0) is 22.4. The number of imide groups is 1. The molecule has 3 rings (SSSR count). The maximum absolute atomic E-state index is 13.6. The van der Waals surface area contributed by atoms with Crippen molar-refractivity contribution in [1.82, 2.24) is 4.90 Å². The molecule has 1 aliphatic rings. The fraction of sp³-hybridized carbons (Fsp3) is 0.333. The quantitative estimate of drug-likeness (QED) is 0.547. The van der Waals surface area contributed by atoms with E-state index in [2.05, 4.69) is 0 Å². The van der Waals surface area contributed by atoms with Crippen molar-refractivity contribution in [2.45, 2.75) is 6.92 Å². The van der Waals surface area contributed by atoms with Crippen molar-refractivity contribution in [3.05, 3.63) is 65.4 Å². The van der Waals surface area contributed by atoms with E-state index < -0.39 is 0 Å². The van der Waals surface area contributed by atoms with E-state index in [1.165, 1.54) is 4.90 Å². The van der Waals surface area contributed by atoms with Crippen molar-refractivity contribution in [3.63, 3.8) is 0 Å². The molecule has 7 heteroatoms. The van der Waals surface area contributed by atoms with E-state index in [0.29, 0.717) is 54.6 Å². The number of anilines is 1. The summed E-state index contributed by atoms with van der Waals surface area (Å²) in [6.07, 6.45) is 0. The van der Waals surface area contributed by atoms with Gasteiger partial charge in [0.25, 0.3) is 11.8 Å². The van der Waals surface area contributed by atoms with E-state index in [1.54, 1.807) is 45.6 Å². The Morgan fingerprint density at radius 2 is 1.45 bits per heavy atom. The molecule has 0 N–H and O–H groups in total. The van der Waals surface area contributed by atoms with Crippen LogP contribution in [0.15, 0.2) is 54.2 Å². The largest absolute Gasteiger partial charge is 0.496 e. The molecule has 0 fully saturated rings. The molecule has 0 radical (unpaired) electrons. The van der Waals surface area contributed by atoms with Gasteiger partial charge in [0, 0.05) is 32.9 Å². The lowest BCUT2D eigenvalue weighted by Crippen LogP contribution is -2.37. The van der Waals surface area contributed by atoms with Crippen LogP contribution in [0.25, 0.3) is 5.57 Å².